The van der Waals surface area contributed by atoms with Crippen molar-refractivity contribution in [1.29, 1.82) is 0 Å². The summed E-state index contributed by atoms with van der Waals surface area (Å²) in [4.78, 5) is 25.8. The van der Waals surface area contributed by atoms with Crippen molar-refractivity contribution in [1.82, 2.24) is 9.47 Å². The van der Waals surface area contributed by atoms with Crippen molar-refractivity contribution in [2.75, 3.05) is 6.54 Å². The van der Waals surface area contributed by atoms with E-state index in [-0.39, 0.29) is 11.5 Å². The van der Waals surface area contributed by atoms with Crippen LogP contribution in [0, 0.1) is 0 Å². The van der Waals surface area contributed by atoms with Crippen LogP contribution in [0.2, 0.25) is 0 Å². The fraction of sp³-hybridized carbons (Fsp3) is 0.143. The highest BCUT2D eigenvalue weighted by Crippen LogP contribution is 2.22. The molecule has 0 saturated carbocycles. The van der Waals surface area contributed by atoms with Crippen LogP contribution in [0.3, 0.4) is 0 Å². The molecule has 0 fully saturated rings. The minimum Gasteiger partial charge on any atom is -0.478 e. The molecule has 0 aliphatic carbocycles. The molecule has 2 heterocycles. The van der Waals surface area contributed by atoms with Gasteiger partial charge in [0.1, 0.15) is 0 Å². The second-order valence-corrected chi connectivity index (χ2v) is 6.40. The van der Waals surface area contributed by atoms with Crippen LogP contribution in [0.1, 0.15) is 31.8 Å². The molecule has 0 atom stereocenters. The molecule has 0 radical (unpaired) electrons. The molecule has 0 bridgehead atoms. The van der Waals surface area contributed by atoms with Gasteiger partial charge in [-0.3, -0.25) is 4.79 Å². The highest BCUT2D eigenvalue weighted by molar-refractivity contribution is 5.94. The lowest BCUT2D eigenvalue weighted by Crippen LogP contribution is -2.36. The number of aromatic carboxylic acids is 1. The van der Waals surface area contributed by atoms with Crippen molar-refractivity contribution in [3.8, 4) is 5.69 Å². The lowest BCUT2D eigenvalue weighted by atomic mass is 9.97. The zero-order chi connectivity index (χ0) is 18.1. The predicted octanol–water partition coefficient (Wildman–Crippen LogP) is 3.37. The van der Waals surface area contributed by atoms with Gasteiger partial charge >= 0.3 is 5.97 Å². The standard InChI is InChI=1S/C21H18N2O3/c24-20(16-5-7-19(8-6-16)22-10-1-2-11-22)23-12-9-15-3-4-17(21(25)26)13-18(15)14-23/h1-8,10-11,13H,9,12,14H2,(H,25,26). The fourth-order valence-electron chi connectivity index (χ4n) is 3.33. The summed E-state index contributed by atoms with van der Waals surface area (Å²) in [6, 6.07) is 16.6. The Balaban J connectivity index is 1.54. The molecular weight excluding hydrogens is 328 g/mol. The Labute approximate surface area is 151 Å². The number of carboxylic acids is 1. The van der Waals surface area contributed by atoms with E-state index in [1.54, 1.807) is 17.0 Å². The van der Waals surface area contributed by atoms with Gasteiger partial charge in [0.2, 0.25) is 0 Å². The first-order valence-corrected chi connectivity index (χ1v) is 8.49. The van der Waals surface area contributed by atoms with Crippen molar-refractivity contribution in [2.24, 2.45) is 0 Å². The van der Waals surface area contributed by atoms with Crippen LogP contribution in [-0.2, 0) is 13.0 Å². The van der Waals surface area contributed by atoms with Crippen LogP contribution in [0.25, 0.3) is 5.69 Å². The Morgan fingerprint density at radius 1 is 0.885 bits per heavy atom. The summed E-state index contributed by atoms with van der Waals surface area (Å²) >= 11 is 0. The van der Waals surface area contributed by atoms with Gasteiger partial charge in [-0.15, -0.1) is 0 Å². The number of hydrogen-bond donors (Lipinski definition) is 1. The molecule has 1 aromatic heterocycles. The molecule has 4 rings (SSSR count). The number of fused-ring (bicyclic) bond motifs is 1. The van der Waals surface area contributed by atoms with E-state index in [2.05, 4.69) is 0 Å². The summed E-state index contributed by atoms with van der Waals surface area (Å²) < 4.78 is 1.98. The normalized spacial score (nSPS) is 13.3. The minimum atomic E-state index is -0.947. The molecular formula is C21H18N2O3. The SMILES string of the molecule is O=C(O)c1ccc2c(c1)CN(C(=O)c1ccc(-n3cccc3)cc1)CC2. The maximum atomic E-state index is 12.8. The Hall–Kier alpha value is -3.34. The van der Waals surface area contributed by atoms with E-state index in [0.717, 1.165) is 23.2 Å². The Kier molecular flexibility index (Phi) is 4.05. The van der Waals surface area contributed by atoms with Gasteiger partial charge in [-0.25, -0.2) is 4.79 Å². The molecule has 1 N–H and O–H groups in total. The lowest BCUT2D eigenvalue weighted by molar-refractivity contribution is 0.0696. The molecule has 5 heteroatoms. The van der Waals surface area contributed by atoms with Crippen LogP contribution >= 0.6 is 0 Å². The summed E-state index contributed by atoms with van der Waals surface area (Å²) in [6.07, 6.45) is 4.65. The summed E-state index contributed by atoms with van der Waals surface area (Å²) in [7, 11) is 0. The third kappa shape index (κ3) is 2.99. The molecule has 0 unspecified atom stereocenters. The number of amides is 1. The number of nitrogens with zero attached hydrogens (tertiary/aromatic N) is 2. The molecule has 0 saturated heterocycles. The van der Waals surface area contributed by atoms with Gasteiger partial charge in [0.05, 0.1) is 5.56 Å². The second-order valence-electron chi connectivity index (χ2n) is 6.40. The zero-order valence-electron chi connectivity index (χ0n) is 14.1. The average Bonchev–Trinajstić information content (AvgIpc) is 3.21. The van der Waals surface area contributed by atoms with Gasteiger partial charge in [0.25, 0.3) is 5.91 Å². The van der Waals surface area contributed by atoms with Gasteiger partial charge in [0, 0.05) is 36.7 Å². The molecule has 0 spiro atoms. The van der Waals surface area contributed by atoms with Gasteiger partial charge in [-0.05, 0) is 66.1 Å². The number of benzene rings is 2. The van der Waals surface area contributed by atoms with Crippen molar-refractivity contribution in [3.63, 3.8) is 0 Å². The second kappa shape index (κ2) is 6.52. The molecule has 2 aromatic carbocycles. The molecule has 3 aromatic rings. The third-order valence-corrected chi connectivity index (χ3v) is 4.77. The van der Waals surface area contributed by atoms with E-state index < -0.39 is 5.97 Å². The first-order chi connectivity index (χ1) is 12.6. The lowest BCUT2D eigenvalue weighted by Gasteiger charge is -2.29. The highest BCUT2D eigenvalue weighted by atomic mass is 16.4. The predicted molar refractivity (Wildman–Crippen MR) is 97.6 cm³/mol. The van der Waals surface area contributed by atoms with Crippen LogP contribution in [0.4, 0.5) is 0 Å². The molecule has 1 amide bonds. The maximum Gasteiger partial charge on any atom is 0.335 e. The van der Waals surface area contributed by atoms with Gasteiger partial charge in [-0.1, -0.05) is 6.07 Å². The Morgan fingerprint density at radius 3 is 2.27 bits per heavy atom. The molecule has 5 nitrogen and oxygen atoms in total. The number of rotatable bonds is 3. The first-order valence-electron chi connectivity index (χ1n) is 8.49. The van der Waals surface area contributed by atoms with Crippen molar-refractivity contribution < 1.29 is 14.7 Å². The van der Waals surface area contributed by atoms with Gasteiger partial charge in [0.15, 0.2) is 0 Å². The van der Waals surface area contributed by atoms with Crippen LogP contribution in [0.5, 0.6) is 0 Å². The summed E-state index contributed by atoms with van der Waals surface area (Å²) in [6.45, 7) is 1.08. The molecule has 1 aliphatic heterocycles. The topological polar surface area (TPSA) is 62.5 Å². The Bertz CT molecular complexity index is 959. The molecule has 26 heavy (non-hydrogen) atoms. The summed E-state index contributed by atoms with van der Waals surface area (Å²) in [5.74, 6) is -0.979. The fourth-order valence-corrected chi connectivity index (χ4v) is 3.33. The number of carbonyl (C=O) groups is 2. The Morgan fingerprint density at radius 2 is 1.58 bits per heavy atom. The zero-order valence-corrected chi connectivity index (χ0v) is 14.1. The smallest absolute Gasteiger partial charge is 0.335 e. The number of carbonyl (C=O) groups excluding carboxylic acids is 1. The van der Waals surface area contributed by atoms with Crippen LogP contribution in [-0.4, -0.2) is 33.0 Å². The van der Waals surface area contributed by atoms with E-state index in [9.17, 15) is 9.59 Å². The van der Waals surface area contributed by atoms with E-state index in [1.165, 1.54) is 0 Å². The average molecular weight is 346 g/mol. The number of carboxylic acid groups (broad SMARTS) is 1. The van der Waals surface area contributed by atoms with Crippen molar-refractivity contribution in [3.05, 3.63) is 89.2 Å². The largest absolute Gasteiger partial charge is 0.478 e. The minimum absolute atomic E-state index is 0.0320. The van der Waals surface area contributed by atoms with Crippen LogP contribution in [0.15, 0.2) is 67.0 Å². The highest BCUT2D eigenvalue weighted by Gasteiger charge is 2.22. The number of aromatic nitrogens is 1. The molecule has 1 aliphatic rings. The summed E-state index contributed by atoms with van der Waals surface area (Å²) in [5.41, 5.74) is 3.92. The van der Waals surface area contributed by atoms with Crippen molar-refractivity contribution >= 4 is 11.9 Å². The quantitative estimate of drug-likeness (QED) is 0.791. The maximum absolute atomic E-state index is 12.8. The van der Waals surface area contributed by atoms with E-state index in [1.807, 2.05) is 59.4 Å². The van der Waals surface area contributed by atoms with Gasteiger partial charge in [-0.2, -0.15) is 0 Å². The third-order valence-electron chi connectivity index (χ3n) is 4.77. The van der Waals surface area contributed by atoms with Crippen LogP contribution < -0.4 is 0 Å². The van der Waals surface area contributed by atoms with E-state index >= 15 is 0 Å². The van der Waals surface area contributed by atoms with Crippen molar-refractivity contribution in [2.45, 2.75) is 13.0 Å². The van der Waals surface area contributed by atoms with Gasteiger partial charge < -0.3 is 14.6 Å². The number of hydrogen-bond acceptors (Lipinski definition) is 2. The summed E-state index contributed by atoms with van der Waals surface area (Å²) in [5, 5.41) is 9.16. The van der Waals surface area contributed by atoms with E-state index in [4.69, 9.17) is 5.11 Å². The molecule has 130 valence electrons. The first kappa shape index (κ1) is 16.1. The monoisotopic (exact) mass is 346 g/mol. The van der Waals surface area contributed by atoms with E-state index in [0.29, 0.717) is 18.7 Å².